The molecule has 0 atom stereocenters. The maximum atomic E-state index is 12.6. The molecule has 5 nitrogen and oxygen atoms in total. The smallest absolute Gasteiger partial charge is 0.263 e. The van der Waals surface area contributed by atoms with Crippen LogP contribution in [-0.4, -0.2) is 24.0 Å². The zero-order valence-electron chi connectivity index (χ0n) is 15.8. The highest BCUT2D eigenvalue weighted by Gasteiger charge is 2.22. The Kier molecular flexibility index (Phi) is 5.91. The Balaban J connectivity index is 1.79. The van der Waals surface area contributed by atoms with Gasteiger partial charge in [0.15, 0.2) is 6.61 Å². The van der Waals surface area contributed by atoms with E-state index in [-0.39, 0.29) is 24.0 Å². The summed E-state index contributed by atoms with van der Waals surface area (Å²) in [5.74, 6) is 0.0983. The first kappa shape index (κ1) is 20.2. The first-order valence-electron chi connectivity index (χ1n) is 8.76. The molecule has 2 N–H and O–H groups in total. The second-order valence-electron chi connectivity index (χ2n) is 7.28. The van der Waals surface area contributed by atoms with Crippen LogP contribution in [0, 0.1) is 0 Å². The van der Waals surface area contributed by atoms with Crippen LogP contribution in [0.25, 0.3) is 10.1 Å². The minimum absolute atomic E-state index is 0.114. The summed E-state index contributed by atoms with van der Waals surface area (Å²) < 4.78 is 6.22. The number of hydrogen-bond acceptors (Lipinski definition) is 4. The van der Waals surface area contributed by atoms with Crippen molar-refractivity contribution in [2.75, 3.05) is 11.9 Å². The lowest BCUT2D eigenvalue weighted by Crippen LogP contribution is -2.40. The Labute approximate surface area is 172 Å². The average molecular weight is 417 g/mol. The van der Waals surface area contributed by atoms with Crippen molar-refractivity contribution in [2.24, 2.45) is 0 Å². The van der Waals surface area contributed by atoms with Gasteiger partial charge >= 0.3 is 0 Å². The molecular weight excluding hydrogens is 396 g/mol. The lowest BCUT2D eigenvalue weighted by molar-refractivity contribution is -0.118. The molecule has 0 aliphatic carbocycles. The topological polar surface area (TPSA) is 67.4 Å². The van der Waals surface area contributed by atoms with Gasteiger partial charge in [-0.2, -0.15) is 0 Å². The van der Waals surface area contributed by atoms with Crippen LogP contribution in [0.15, 0.2) is 48.5 Å². The van der Waals surface area contributed by atoms with E-state index in [0.717, 1.165) is 10.1 Å². The maximum absolute atomic E-state index is 12.6. The Morgan fingerprint density at radius 3 is 2.46 bits per heavy atom. The largest absolute Gasteiger partial charge is 0.484 e. The van der Waals surface area contributed by atoms with E-state index in [2.05, 4.69) is 10.6 Å². The fraction of sp³-hybridized carbons (Fsp3) is 0.238. The van der Waals surface area contributed by atoms with Gasteiger partial charge in [0.25, 0.3) is 11.8 Å². The highest BCUT2D eigenvalue weighted by molar-refractivity contribution is 7.22. The van der Waals surface area contributed by atoms with Crippen molar-refractivity contribution < 1.29 is 14.3 Å². The molecule has 0 aliphatic heterocycles. The van der Waals surface area contributed by atoms with Crippen molar-refractivity contribution in [3.8, 4) is 5.75 Å². The van der Waals surface area contributed by atoms with Crippen molar-refractivity contribution in [3.63, 3.8) is 0 Å². The van der Waals surface area contributed by atoms with Gasteiger partial charge in [-0.15, -0.1) is 11.3 Å². The van der Waals surface area contributed by atoms with Crippen molar-refractivity contribution in [1.29, 1.82) is 0 Å². The molecule has 0 aliphatic rings. The van der Waals surface area contributed by atoms with Gasteiger partial charge in [0.2, 0.25) is 0 Å². The highest BCUT2D eigenvalue weighted by atomic mass is 35.5. The standard InChI is InChI=1S/C21H21ClN2O3S/c1-21(2,3)24-20(26)19-17(22)14-10-7-11-15(18(14)28-19)23-16(25)12-27-13-8-5-4-6-9-13/h4-11H,12H2,1-3H3,(H,23,25)(H,24,26). The summed E-state index contributed by atoms with van der Waals surface area (Å²) >= 11 is 7.70. The summed E-state index contributed by atoms with van der Waals surface area (Å²) in [7, 11) is 0. The van der Waals surface area contributed by atoms with Gasteiger partial charge in [-0.05, 0) is 39.0 Å². The minimum atomic E-state index is -0.373. The molecule has 1 aromatic heterocycles. The number of thiophene rings is 1. The molecule has 7 heteroatoms. The molecule has 0 unspecified atom stereocenters. The van der Waals surface area contributed by atoms with Crippen LogP contribution in [0.2, 0.25) is 5.02 Å². The van der Waals surface area contributed by atoms with Crippen molar-refractivity contribution in [2.45, 2.75) is 26.3 Å². The van der Waals surface area contributed by atoms with Crippen LogP contribution in [-0.2, 0) is 4.79 Å². The number of carbonyl (C=O) groups is 2. The maximum Gasteiger partial charge on any atom is 0.263 e. The van der Waals surface area contributed by atoms with E-state index in [0.29, 0.717) is 21.3 Å². The molecule has 146 valence electrons. The molecule has 0 fully saturated rings. The second kappa shape index (κ2) is 8.20. The molecular formula is C21H21ClN2O3S. The number of rotatable bonds is 5. The zero-order valence-corrected chi connectivity index (χ0v) is 17.4. The Hall–Kier alpha value is -2.57. The fourth-order valence-electron chi connectivity index (χ4n) is 2.58. The second-order valence-corrected chi connectivity index (χ2v) is 8.68. The molecule has 0 saturated heterocycles. The van der Waals surface area contributed by atoms with Gasteiger partial charge in [0.05, 0.1) is 15.4 Å². The number of amides is 2. The zero-order chi connectivity index (χ0) is 20.3. The first-order valence-corrected chi connectivity index (χ1v) is 9.95. The summed E-state index contributed by atoms with van der Waals surface area (Å²) in [5.41, 5.74) is 0.225. The lowest BCUT2D eigenvalue weighted by Gasteiger charge is -2.19. The van der Waals surface area contributed by atoms with Gasteiger partial charge in [0.1, 0.15) is 10.6 Å². The van der Waals surface area contributed by atoms with Crippen molar-refractivity contribution >= 4 is 50.5 Å². The summed E-state index contributed by atoms with van der Waals surface area (Å²) in [6.07, 6.45) is 0. The number of anilines is 1. The Bertz CT molecular complexity index is 1010. The van der Waals surface area contributed by atoms with Crippen LogP contribution in [0.3, 0.4) is 0 Å². The van der Waals surface area contributed by atoms with E-state index in [1.165, 1.54) is 11.3 Å². The number of para-hydroxylation sites is 1. The molecule has 3 aromatic rings. The molecule has 0 saturated carbocycles. The number of halogens is 1. The van der Waals surface area contributed by atoms with Crippen LogP contribution in [0.5, 0.6) is 5.75 Å². The van der Waals surface area contributed by atoms with E-state index in [1.807, 2.05) is 45.0 Å². The highest BCUT2D eigenvalue weighted by Crippen LogP contribution is 2.39. The number of nitrogens with one attached hydrogen (secondary N) is 2. The van der Waals surface area contributed by atoms with E-state index in [9.17, 15) is 9.59 Å². The Morgan fingerprint density at radius 1 is 1.07 bits per heavy atom. The summed E-state index contributed by atoms with van der Waals surface area (Å²) in [4.78, 5) is 25.3. The quantitative estimate of drug-likeness (QED) is 0.608. The van der Waals surface area contributed by atoms with Crippen molar-refractivity contribution in [3.05, 3.63) is 58.4 Å². The average Bonchev–Trinajstić information content (AvgIpc) is 2.98. The van der Waals surface area contributed by atoms with Crippen molar-refractivity contribution in [1.82, 2.24) is 5.32 Å². The summed E-state index contributed by atoms with van der Waals surface area (Å²) in [6, 6.07) is 14.5. The van der Waals surface area contributed by atoms with Crippen LogP contribution in [0.1, 0.15) is 30.4 Å². The third-order valence-corrected chi connectivity index (χ3v) is 5.48. The van der Waals surface area contributed by atoms with E-state index in [4.69, 9.17) is 16.3 Å². The molecule has 2 amide bonds. The molecule has 3 rings (SSSR count). The SMILES string of the molecule is CC(C)(C)NC(=O)c1sc2c(NC(=O)COc3ccccc3)cccc2c1Cl. The van der Waals surface area contributed by atoms with Gasteiger partial charge < -0.3 is 15.4 Å². The number of benzene rings is 2. The number of fused-ring (bicyclic) bond motifs is 1. The van der Waals surface area contributed by atoms with E-state index < -0.39 is 0 Å². The minimum Gasteiger partial charge on any atom is -0.484 e. The lowest BCUT2D eigenvalue weighted by atomic mass is 10.1. The van der Waals surface area contributed by atoms with Crippen LogP contribution >= 0.6 is 22.9 Å². The number of hydrogen-bond donors (Lipinski definition) is 2. The number of carbonyl (C=O) groups excluding carboxylic acids is 2. The predicted molar refractivity (Wildman–Crippen MR) is 115 cm³/mol. The van der Waals surface area contributed by atoms with Gasteiger partial charge in [-0.1, -0.05) is 41.9 Å². The molecule has 1 heterocycles. The fourth-order valence-corrected chi connectivity index (χ4v) is 4.05. The third kappa shape index (κ3) is 4.82. The molecule has 0 radical (unpaired) electrons. The van der Waals surface area contributed by atoms with Gasteiger partial charge in [-0.25, -0.2) is 0 Å². The van der Waals surface area contributed by atoms with E-state index in [1.54, 1.807) is 24.3 Å². The summed E-state index contributed by atoms with van der Waals surface area (Å²) in [6.45, 7) is 5.61. The summed E-state index contributed by atoms with van der Waals surface area (Å²) in [5, 5.41) is 6.87. The van der Waals surface area contributed by atoms with E-state index >= 15 is 0 Å². The predicted octanol–water partition coefficient (Wildman–Crippen LogP) is 5.10. The van der Waals surface area contributed by atoms with Gasteiger partial charge in [-0.3, -0.25) is 9.59 Å². The third-order valence-electron chi connectivity index (χ3n) is 3.74. The first-order chi connectivity index (χ1) is 13.2. The molecule has 0 spiro atoms. The van der Waals surface area contributed by atoms with Gasteiger partial charge in [0, 0.05) is 10.9 Å². The molecule has 28 heavy (non-hydrogen) atoms. The van der Waals surface area contributed by atoms with Crippen LogP contribution in [0.4, 0.5) is 5.69 Å². The van der Waals surface area contributed by atoms with Crippen LogP contribution < -0.4 is 15.4 Å². The number of ether oxygens (including phenoxy) is 1. The molecule has 0 bridgehead atoms. The molecule has 2 aromatic carbocycles. The Morgan fingerprint density at radius 2 is 1.79 bits per heavy atom. The monoisotopic (exact) mass is 416 g/mol. The normalized spacial score (nSPS) is 11.3.